The first-order valence-electron chi connectivity index (χ1n) is 4.10. The molecule has 0 fully saturated rings. The highest BCUT2D eigenvalue weighted by Crippen LogP contribution is 2.32. The van der Waals surface area contributed by atoms with E-state index in [2.05, 4.69) is 0 Å². The van der Waals surface area contributed by atoms with Crippen LogP contribution in [0.1, 0.15) is 31.1 Å². The second kappa shape index (κ2) is 10.5. The van der Waals surface area contributed by atoms with Crippen LogP contribution in [0.25, 0.3) is 0 Å². The predicted octanol–water partition coefficient (Wildman–Crippen LogP) is 3.86. The summed E-state index contributed by atoms with van der Waals surface area (Å²) in [5.74, 6) is -4.07. The molecule has 0 aliphatic carbocycles. The molecule has 6 nitrogen and oxygen atoms in total. The standard InChI is InChI=1S/C9H3I3O6.3ClH/c10-4-1(7(13)14)5(11)3(9(17)18)6(12)2(4)8(15)16;;;/h(H,13,14)(H,15,16)(H,17,18);3*1H. The van der Waals surface area contributed by atoms with Gasteiger partial charge in [-0.3, -0.25) is 0 Å². The van der Waals surface area contributed by atoms with Crippen LogP contribution in [0.5, 0.6) is 0 Å². The van der Waals surface area contributed by atoms with Crippen molar-refractivity contribution in [3.8, 4) is 0 Å². The maximum atomic E-state index is 11.1. The summed E-state index contributed by atoms with van der Waals surface area (Å²) >= 11 is 4.80. The molecule has 0 saturated heterocycles. The summed E-state index contributed by atoms with van der Waals surface area (Å²) in [6, 6.07) is 0. The lowest BCUT2D eigenvalue weighted by molar-refractivity contribution is 0.0693. The van der Waals surface area contributed by atoms with Gasteiger partial charge in [0.2, 0.25) is 0 Å². The van der Waals surface area contributed by atoms with Gasteiger partial charge in [0.1, 0.15) is 0 Å². The number of rotatable bonds is 3. The van der Waals surface area contributed by atoms with Gasteiger partial charge in [0, 0.05) is 10.7 Å². The highest BCUT2D eigenvalue weighted by molar-refractivity contribution is 14.1. The van der Waals surface area contributed by atoms with E-state index in [0.29, 0.717) is 0 Å². The number of carboxylic acid groups (broad SMARTS) is 3. The average molecular weight is 697 g/mol. The molecule has 3 N–H and O–H groups in total. The molecular weight excluding hydrogens is 691 g/mol. The second-order valence-electron chi connectivity index (χ2n) is 2.98. The molecular formula is C9H6Cl3I3O6. The summed E-state index contributed by atoms with van der Waals surface area (Å²) in [6.45, 7) is 0. The minimum Gasteiger partial charge on any atom is -0.478 e. The fourth-order valence-corrected chi connectivity index (χ4v) is 5.78. The van der Waals surface area contributed by atoms with Crippen molar-refractivity contribution in [2.75, 3.05) is 0 Å². The van der Waals surface area contributed by atoms with Crippen molar-refractivity contribution >= 4 is 123 Å². The molecule has 1 aromatic rings. The van der Waals surface area contributed by atoms with Gasteiger partial charge in [-0.25, -0.2) is 14.4 Å². The lowest BCUT2D eigenvalue weighted by Gasteiger charge is -2.12. The van der Waals surface area contributed by atoms with Crippen molar-refractivity contribution < 1.29 is 29.7 Å². The molecule has 0 aliphatic heterocycles. The maximum Gasteiger partial charge on any atom is 0.337 e. The van der Waals surface area contributed by atoms with Crippen molar-refractivity contribution in [3.05, 3.63) is 27.4 Å². The predicted molar refractivity (Wildman–Crippen MR) is 107 cm³/mol. The van der Waals surface area contributed by atoms with Crippen LogP contribution >= 0.6 is 105 Å². The second-order valence-corrected chi connectivity index (χ2v) is 6.22. The van der Waals surface area contributed by atoms with Crippen molar-refractivity contribution in [1.82, 2.24) is 0 Å². The molecule has 0 spiro atoms. The molecule has 0 amide bonds. The Labute approximate surface area is 178 Å². The van der Waals surface area contributed by atoms with Gasteiger partial charge in [0.25, 0.3) is 0 Å². The number of benzene rings is 1. The Kier molecular flexibility index (Phi) is 13.2. The molecule has 0 bridgehead atoms. The Morgan fingerprint density at radius 2 is 0.714 bits per heavy atom. The van der Waals surface area contributed by atoms with Crippen LogP contribution in [-0.2, 0) is 0 Å². The third-order valence-electron chi connectivity index (χ3n) is 1.96. The van der Waals surface area contributed by atoms with Crippen LogP contribution in [0.15, 0.2) is 0 Å². The van der Waals surface area contributed by atoms with E-state index in [4.69, 9.17) is 15.3 Å². The maximum absolute atomic E-state index is 11.1. The Bertz CT molecular complexity index is 491. The highest BCUT2D eigenvalue weighted by atomic mass is 127. The first kappa shape index (κ1) is 26.6. The van der Waals surface area contributed by atoms with Crippen LogP contribution in [0.2, 0.25) is 0 Å². The minimum atomic E-state index is -1.36. The molecule has 12 heteroatoms. The molecule has 0 aliphatic rings. The van der Waals surface area contributed by atoms with E-state index in [0.717, 1.165) is 0 Å². The smallest absolute Gasteiger partial charge is 0.337 e. The Morgan fingerprint density at radius 3 is 0.810 bits per heavy atom. The molecule has 0 atom stereocenters. The summed E-state index contributed by atoms with van der Waals surface area (Å²) in [5.41, 5.74) is -0.899. The summed E-state index contributed by atoms with van der Waals surface area (Å²) in [6.07, 6.45) is 0. The Morgan fingerprint density at radius 1 is 0.571 bits per heavy atom. The van der Waals surface area contributed by atoms with E-state index in [9.17, 15) is 14.4 Å². The van der Waals surface area contributed by atoms with Crippen molar-refractivity contribution in [3.63, 3.8) is 0 Å². The topological polar surface area (TPSA) is 112 Å². The molecule has 0 aromatic heterocycles. The lowest BCUT2D eigenvalue weighted by Crippen LogP contribution is -2.17. The normalized spacial score (nSPS) is 8.71. The van der Waals surface area contributed by atoms with Gasteiger partial charge in [-0.1, -0.05) is 0 Å². The molecule has 120 valence electrons. The first-order valence-corrected chi connectivity index (χ1v) is 7.34. The van der Waals surface area contributed by atoms with Crippen LogP contribution < -0.4 is 0 Å². The summed E-state index contributed by atoms with van der Waals surface area (Å²) in [4.78, 5) is 33.3. The number of carbonyl (C=O) groups is 3. The zero-order valence-electron chi connectivity index (χ0n) is 9.43. The molecule has 21 heavy (non-hydrogen) atoms. The van der Waals surface area contributed by atoms with Gasteiger partial charge in [-0.2, -0.15) is 0 Å². The molecule has 0 saturated carbocycles. The molecule has 0 unspecified atom stereocenters. The fraction of sp³-hybridized carbons (Fsp3) is 0. The summed E-state index contributed by atoms with van der Waals surface area (Å²) < 4.78 is 0.0594. The van der Waals surface area contributed by atoms with E-state index in [1.807, 2.05) is 0 Å². The van der Waals surface area contributed by atoms with Gasteiger partial charge in [0.05, 0.1) is 16.7 Å². The highest BCUT2D eigenvalue weighted by Gasteiger charge is 2.29. The SMILES string of the molecule is Cl.Cl.Cl.O=C(O)c1c(I)c(C(=O)O)c(I)c(C(=O)O)c1I. The van der Waals surface area contributed by atoms with E-state index in [1.54, 1.807) is 67.8 Å². The van der Waals surface area contributed by atoms with Gasteiger partial charge < -0.3 is 15.3 Å². The van der Waals surface area contributed by atoms with Crippen molar-refractivity contribution in [2.45, 2.75) is 0 Å². The van der Waals surface area contributed by atoms with E-state index in [1.165, 1.54) is 0 Å². The van der Waals surface area contributed by atoms with Crippen molar-refractivity contribution in [2.24, 2.45) is 0 Å². The number of carboxylic acids is 3. The summed E-state index contributed by atoms with van der Waals surface area (Å²) in [5, 5.41) is 27.2. The first-order chi connectivity index (χ1) is 8.20. The Hall–Kier alpha value is 0.690. The lowest BCUT2D eigenvalue weighted by atomic mass is 10.1. The number of hydrogen-bond acceptors (Lipinski definition) is 3. The van der Waals surface area contributed by atoms with Gasteiger partial charge in [0.15, 0.2) is 0 Å². The van der Waals surface area contributed by atoms with Gasteiger partial charge in [-0.05, 0) is 67.8 Å². The zero-order valence-corrected chi connectivity index (χ0v) is 18.3. The third-order valence-corrected chi connectivity index (χ3v) is 5.19. The molecule has 0 heterocycles. The summed E-state index contributed by atoms with van der Waals surface area (Å²) in [7, 11) is 0. The van der Waals surface area contributed by atoms with Crippen LogP contribution in [0, 0.1) is 10.7 Å². The molecule has 0 radical (unpaired) electrons. The number of hydrogen-bond donors (Lipinski definition) is 3. The Balaban J connectivity index is -0.00000108. The van der Waals surface area contributed by atoms with Crippen LogP contribution in [0.3, 0.4) is 0 Å². The van der Waals surface area contributed by atoms with Crippen molar-refractivity contribution in [1.29, 1.82) is 0 Å². The molecule has 1 rings (SSSR count). The zero-order chi connectivity index (χ0) is 14.2. The molecule has 1 aromatic carbocycles. The fourth-order valence-electron chi connectivity index (χ4n) is 1.23. The van der Waals surface area contributed by atoms with E-state index < -0.39 is 17.9 Å². The minimum absolute atomic E-state index is 0. The van der Waals surface area contributed by atoms with Gasteiger partial charge in [-0.15, -0.1) is 37.2 Å². The van der Waals surface area contributed by atoms with Crippen LogP contribution in [-0.4, -0.2) is 33.2 Å². The quantitative estimate of drug-likeness (QED) is 0.414. The van der Waals surface area contributed by atoms with Gasteiger partial charge >= 0.3 is 17.9 Å². The number of halogens is 6. The van der Waals surface area contributed by atoms with E-state index in [-0.39, 0.29) is 64.6 Å². The van der Waals surface area contributed by atoms with Crippen LogP contribution in [0.4, 0.5) is 0 Å². The number of aromatic carboxylic acids is 3. The largest absolute Gasteiger partial charge is 0.478 e. The third kappa shape index (κ3) is 5.37. The monoisotopic (exact) mass is 696 g/mol. The average Bonchev–Trinajstić information content (AvgIpc) is 2.14. The van der Waals surface area contributed by atoms with E-state index >= 15 is 0 Å².